The number of hydrogen-bond acceptors (Lipinski definition) is 3. The molecule has 2 aliphatic heterocycles. The molecular formula is C14H19N3O. The predicted molar refractivity (Wildman–Crippen MR) is 73.0 cm³/mol. The number of benzene rings is 1. The number of carbonyl (C=O) groups excluding carboxylic acids is 1. The molecule has 1 fully saturated rings. The number of carbonyl (C=O) groups is 1. The first-order valence-electron chi connectivity index (χ1n) is 6.59. The van der Waals surface area contributed by atoms with Crippen molar-refractivity contribution in [1.29, 1.82) is 0 Å². The summed E-state index contributed by atoms with van der Waals surface area (Å²) in [6.45, 7) is 3.49. The summed E-state index contributed by atoms with van der Waals surface area (Å²) in [5, 5.41) is 3.17. The molecule has 1 amide bonds. The molecule has 3 rings (SSSR count). The second-order valence-electron chi connectivity index (χ2n) is 5.11. The minimum absolute atomic E-state index is 0.168. The molecule has 2 aliphatic rings. The highest BCUT2D eigenvalue weighted by atomic mass is 16.2. The van der Waals surface area contributed by atoms with Crippen LogP contribution < -0.4 is 15.1 Å². The van der Waals surface area contributed by atoms with Crippen molar-refractivity contribution in [2.75, 3.05) is 43.0 Å². The number of nitrogens with one attached hydrogen (secondary N) is 1. The molecule has 0 radical (unpaired) electrons. The molecule has 0 bridgehead atoms. The zero-order chi connectivity index (χ0) is 12.5. The Bertz CT molecular complexity index is 456. The minimum atomic E-state index is 0.168. The van der Waals surface area contributed by atoms with Gasteiger partial charge in [0, 0.05) is 33.2 Å². The van der Waals surface area contributed by atoms with Crippen molar-refractivity contribution in [3.63, 3.8) is 0 Å². The molecule has 1 saturated heterocycles. The van der Waals surface area contributed by atoms with Gasteiger partial charge in [-0.25, -0.2) is 0 Å². The zero-order valence-electron chi connectivity index (χ0n) is 10.7. The highest BCUT2D eigenvalue weighted by Crippen LogP contribution is 2.32. The first-order valence-corrected chi connectivity index (χ1v) is 6.59. The van der Waals surface area contributed by atoms with Crippen LogP contribution in [0.1, 0.15) is 6.42 Å². The third kappa shape index (κ3) is 1.86. The van der Waals surface area contributed by atoms with Crippen molar-refractivity contribution >= 4 is 17.3 Å². The fourth-order valence-electron chi connectivity index (χ4n) is 2.63. The normalized spacial score (nSPS) is 20.1. The van der Waals surface area contributed by atoms with Gasteiger partial charge in [-0.1, -0.05) is 12.1 Å². The van der Waals surface area contributed by atoms with Crippen LogP contribution in [0.4, 0.5) is 11.4 Å². The monoisotopic (exact) mass is 245 g/mol. The molecule has 1 N–H and O–H groups in total. The van der Waals surface area contributed by atoms with Gasteiger partial charge in [-0.2, -0.15) is 0 Å². The molecule has 96 valence electrons. The number of fused-ring (bicyclic) bond motifs is 1. The van der Waals surface area contributed by atoms with Gasteiger partial charge in [0.2, 0.25) is 5.91 Å². The molecule has 1 aromatic rings. The molecule has 0 saturated carbocycles. The highest BCUT2D eigenvalue weighted by Gasteiger charge is 2.32. The average Bonchev–Trinajstić information content (AvgIpc) is 2.47. The van der Waals surface area contributed by atoms with Crippen molar-refractivity contribution in [3.05, 3.63) is 24.3 Å². The molecule has 18 heavy (non-hydrogen) atoms. The lowest BCUT2D eigenvalue weighted by molar-refractivity contribution is -0.123. The van der Waals surface area contributed by atoms with E-state index in [-0.39, 0.29) is 11.8 Å². The average molecular weight is 245 g/mol. The molecule has 0 aliphatic carbocycles. The Kier molecular flexibility index (Phi) is 2.96. The van der Waals surface area contributed by atoms with Gasteiger partial charge in [0.15, 0.2) is 0 Å². The topological polar surface area (TPSA) is 35.6 Å². The number of amides is 1. The smallest absolute Gasteiger partial charge is 0.232 e. The number of rotatable bonds is 1. The summed E-state index contributed by atoms with van der Waals surface area (Å²) in [6.07, 6.45) is 1.02. The number of hydrogen-bond donors (Lipinski definition) is 1. The molecule has 0 spiro atoms. The molecule has 4 nitrogen and oxygen atoms in total. The lowest BCUT2D eigenvalue weighted by Gasteiger charge is -2.32. The summed E-state index contributed by atoms with van der Waals surface area (Å²) in [5.74, 6) is 0.443. The fourth-order valence-corrected chi connectivity index (χ4v) is 2.63. The van der Waals surface area contributed by atoms with Gasteiger partial charge < -0.3 is 15.1 Å². The standard InChI is InChI=1S/C14H19N3O/c1-16-7-4-8-17(14(18)11-9-15-10-11)13-6-3-2-5-12(13)16/h2-3,5-6,11,15H,4,7-10H2,1H3. The Morgan fingerprint density at radius 3 is 2.61 bits per heavy atom. The van der Waals surface area contributed by atoms with Crippen molar-refractivity contribution in [2.24, 2.45) is 5.92 Å². The molecule has 0 aromatic heterocycles. The van der Waals surface area contributed by atoms with Gasteiger partial charge in [-0.3, -0.25) is 4.79 Å². The third-order valence-corrected chi connectivity index (χ3v) is 3.86. The maximum absolute atomic E-state index is 12.5. The first-order chi connectivity index (χ1) is 8.77. The van der Waals surface area contributed by atoms with Crippen LogP contribution in [0.3, 0.4) is 0 Å². The van der Waals surface area contributed by atoms with E-state index in [1.54, 1.807) is 0 Å². The van der Waals surface area contributed by atoms with Crippen LogP contribution in [0.15, 0.2) is 24.3 Å². The first kappa shape index (κ1) is 11.5. The minimum Gasteiger partial charge on any atom is -0.373 e. The molecule has 1 aromatic carbocycles. The Labute approximate surface area is 108 Å². The van der Waals surface area contributed by atoms with E-state index in [4.69, 9.17) is 0 Å². The van der Waals surface area contributed by atoms with Gasteiger partial charge >= 0.3 is 0 Å². The van der Waals surface area contributed by atoms with Crippen LogP contribution >= 0.6 is 0 Å². The van der Waals surface area contributed by atoms with Crippen molar-refractivity contribution < 1.29 is 4.79 Å². The molecule has 0 unspecified atom stereocenters. The van der Waals surface area contributed by atoms with Crippen molar-refractivity contribution in [3.8, 4) is 0 Å². The SMILES string of the molecule is CN1CCCN(C(=O)C2CNC2)c2ccccc21. The van der Waals surface area contributed by atoms with E-state index in [0.29, 0.717) is 0 Å². The van der Waals surface area contributed by atoms with Gasteiger partial charge in [-0.15, -0.1) is 0 Å². The van der Waals surface area contributed by atoms with Crippen LogP contribution in [0, 0.1) is 5.92 Å². The van der Waals surface area contributed by atoms with E-state index in [1.807, 2.05) is 17.0 Å². The summed E-state index contributed by atoms with van der Waals surface area (Å²) in [6, 6.07) is 8.20. The number of anilines is 2. The van der Waals surface area contributed by atoms with Gasteiger partial charge in [-0.05, 0) is 18.6 Å². The van der Waals surface area contributed by atoms with E-state index < -0.39 is 0 Å². The molecular weight excluding hydrogens is 226 g/mol. The summed E-state index contributed by atoms with van der Waals surface area (Å²) in [5.41, 5.74) is 2.23. The Hall–Kier alpha value is -1.55. The molecule has 4 heteroatoms. The molecule has 0 atom stereocenters. The largest absolute Gasteiger partial charge is 0.373 e. The van der Waals surface area contributed by atoms with Crippen molar-refractivity contribution in [1.82, 2.24) is 5.32 Å². The highest BCUT2D eigenvalue weighted by molar-refractivity contribution is 5.99. The summed E-state index contributed by atoms with van der Waals surface area (Å²) in [7, 11) is 2.09. The Balaban J connectivity index is 1.94. The lowest BCUT2D eigenvalue weighted by Crippen LogP contribution is -2.52. The third-order valence-electron chi connectivity index (χ3n) is 3.86. The van der Waals surface area contributed by atoms with Crippen molar-refractivity contribution in [2.45, 2.75) is 6.42 Å². The van der Waals surface area contributed by atoms with Crippen LogP contribution in [0.5, 0.6) is 0 Å². The van der Waals surface area contributed by atoms with Crippen LogP contribution in [-0.4, -0.2) is 39.1 Å². The predicted octanol–water partition coefficient (Wildman–Crippen LogP) is 1.08. The number of para-hydroxylation sites is 2. The Morgan fingerprint density at radius 2 is 1.94 bits per heavy atom. The quantitative estimate of drug-likeness (QED) is 0.804. The maximum atomic E-state index is 12.5. The number of nitrogens with zero attached hydrogens (tertiary/aromatic N) is 2. The van der Waals surface area contributed by atoms with Crippen LogP contribution in [-0.2, 0) is 4.79 Å². The second-order valence-corrected chi connectivity index (χ2v) is 5.11. The van der Waals surface area contributed by atoms with E-state index >= 15 is 0 Å². The summed E-state index contributed by atoms with van der Waals surface area (Å²) >= 11 is 0. The van der Waals surface area contributed by atoms with E-state index in [1.165, 1.54) is 0 Å². The van der Waals surface area contributed by atoms with Crippen LogP contribution in [0.2, 0.25) is 0 Å². The van der Waals surface area contributed by atoms with Gasteiger partial charge in [0.25, 0.3) is 0 Å². The lowest BCUT2D eigenvalue weighted by atomic mass is 10.0. The molecule has 2 heterocycles. The fraction of sp³-hybridized carbons (Fsp3) is 0.500. The van der Waals surface area contributed by atoms with Crippen LogP contribution in [0.25, 0.3) is 0 Å². The summed E-state index contributed by atoms with van der Waals surface area (Å²) in [4.78, 5) is 16.7. The van der Waals surface area contributed by atoms with E-state index in [0.717, 1.165) is 44.0 Å². The summed E-state index contributed by atoms with van der Waals surface area (Å²) < 4.78 is 0. The van der Waals surface area contributed by atoms with E-state index in [9.17, 15) is 4.79 Å². The second kappa shape index (κ2) is 4.61. The maximum Gasteiger partial charge on any atom is 0.232 e. The van der Waals surface area contributed by atoms with Gasteiger partial charge in [0.1, 0.15) is 0 Å². The zero-order valence-corrected chi connectivity index (χ0v) is 10.7. The van der Waals surface area contributed by atoms with E-state index in [2.05, 4.69) is 29.4 Å². The van der Waals surface area contributed by atoms with Gasteiger partial charge in [0.05, 0.1) is 17.3 Å². The Morgan fingerprint density at radius 1 is 1.22 bits per heavy atom.